The van der Waals surface area contributed by atoms with E-state index in [-0.39, 0.29) is 17.5 Å². The zero-order valence-electron chi connectivity index (χ0n) is 13.5. The van der Waals surface area contributed by atoms with Crippen molar-refractivity contribution in [3.05, 3.63) is 52.7 Å². The first kappa shape index (κ1) is 14.6. The molecule has 0 saturated carbocycles. The zero-order valence-corrected chi connectivity index (χ0v) is 13.5. The van der Waals surface area contributed by atoms with Crippen LogP contribution in [0.4, 0.5) is 5.88 Å². The molecule has 0 atom stereocenters. The van der Waals surface area contributed by atoms with E-state index in [0.29, 0.717) is 16.9 Å². The Hall–Kier alpha value is -2.29. The molecule has 0 fully saturated rings. The van der Waals surface area contributed by atoms with Gasteiger partial charge in [0.25, 0.3) is 0 Å². The maximum absolute atomic E-state index is 12.7. The normalized spacial score (nSPS) is 11.7. The smallest absolute Gasteiger partial charge is 0.200 e. The SMILES string of the molecule is CC(C)N(c1cc(=O)c2c(ccc3ccccc32)o1)C(C)C. The molecule has 2 aromatic carbocycles. The van der Waals surface area contributed by atoms with Gasteiger partial charge in [0.15, 0.2) is 11.3 Å². The van der Waals surface area contributed by atoms with Gasteiger partial charge < -0.3 is 9.32 Å². The molecule has 0 saturated heterocycles. The van der Waals surface area contributed by atoms with Crippen molar-refractivity contribution in [1.29, 1.82) is 0 Å². The fraction of sp³-hybridized carbons (Fsp3) is 0.316. The minimum Gasteiger partial charge on any atom is -0.440 e. The third-order valence-corrected chi connectivity index (χ3v) is 3.97. The van der Waals surface area contributed by atoms with Crippen molar-refractivity contribution in [2.45, 2.75) is 39.8 Å². The predicted octanol–water partition coefficient (Wildman–Crippen LogP) is 4.57. The highest BCUT2D eigenvalue weighted by Gasteiger charge is 2.18. The van der Waals surface area contributed by atoms with Gasteiger partial charge >= 0.3 is 0 Å². The lowest BCUT2D eigenvalue weighted by Gasteiger charge is -2.31. The molecular weight excluding hydrogens is 274 g/mol. The summed E-state index contributed by atoms with van der Waals surface area (Å²) in [6, 6.07) is 13.9. The molecule has 0 aliphatic heterocycles. The maximum atomic E-state index is 12.7. The van der Waals surface area contributed by atoms with Crippen molar-refractivity contribution in [3.63, 3.8) is 0 Å². The Morgan fingerprint density at radius 1 is 0.955 bits per heavy atom. The van der Waals surface area contributed by atoms with Gasteiger partial charge in [-0.15, -0.1) is 0 Å². The highest BCUT2D eigenvalue weighted by Crippen LogP contribution is 2.27. The van der Waals surface area contributed by atoms with Crippen molar-refractivity contribution in [1.82, 2.24) is 0 Å². The minimum atomic E-state index is 0.0133. The topological polar surface area (TPSA) is 33.5 Å². The molecule has 3 aromatic rings. The van der Waals surface area contributed by atoms with E-state index in [9.17, 15) is 4.79 Å². The van der Waals surface area contributed by atoms with Crippen LogP contribution in [0.2, 0.25) is 0 Å². The first-order valence-corrected chi connectivity index (χ1v) is 7.73. The number of rotatable bonds is 3. The largest absolute Gasteiger partial charge is 0.440 e. The van der Waals surface area contributed by atoms with Crippen LogP contribution >= 0.6 is 0 Å². The number of fused-ring (bicyclic) bond motifs is 3. The molecule has 1 aromatic heterocycles. The van der Waals surface area contributed by atoms with E-state index in [1.165, 1.54) is 0 Å². The molecule has 0 bridgehead atoms. The van der Waals surface area contributed by atoms with E-state index in [0.717, 1.165) is 10.8 Å². The summed E-state index contributed by atoms with van der Waals surface area (Å²) in [6.07, 6.45) is 0. The van der Waals surface area contributed by atoms with E-state index >= 15 is 0 Å². The van der Waals surface area contributed by atoms with Crippen LogP contribution < -0.4 is 10.3 Å². The highest BCUT2D eigenvalue weighted by atomic mass is 16.4. The molecular formula is C19H21NO2. The van der Waals surface area contributed by atoms with Gasteiger partial charge in [0, 0.05) is 18.2 Å². The summed E-state index contributed by atoms with van der Waals surface area (Å²) in [5.41, 5.74) is 0.659. The third kappa shape index (κ3) is 2.37. The molecule has 114 valence electrons. The van der Waals surface area contributed by atoms with E-state index in [1.807, 2.05) is 36.4 Å². The molecule has 3 nitrogen and oxygen atoms in total. The molecule has 3 heteroatoms. The van der Waals surface area contributed by atoms with Gasteiger partial charge in [-0.1, -0.05) is 30.3 Å². The molecule has 0 amide bonds. The lowest BCUT2D eigenvalue weighted by atomic mass is 10.1. The third-order valence-electron chi connectivity index (χ3n) is 3.97. The van der Waals surface area contributed by atoms with Gasteiger partial charge in [-0.25, -0.2) is 0 Å². The second kappa shape index (κ2) is 5.48. The Labute approximate surface area is 130 Å². The highest BCUT2D eigenvalue weighted by molar-refractivity contribution is 6.05. The molecule has 0 radical (unpaired) electrons. The Balaban J connectivity index is 2.30. The van der Waals surface area contributed by atoms with Crippen LogP contribution in [0.3, 0.4) is 0 Å². The lowest BCUT2D eigenvalue weighted by Crippen LogP contribution is -2.37. The van der Waals surface area contributed by atoms with Crippen molar-refractivity contribution in [3.8, 4) is 0 Å². The predicted molar refractivity (Wildman–Crippen MR) is 92.7 cm³/mol. The first-order chi connectivity index (χ1) is 10.5. The Morgan fingerprint density at radius 2 is 1.64 bits per heavy atom. The maximum Gasteiger partial charge on any atom is 0.200 e. The van der Waals surface area contributed by atoms with Crippen LogP contribution in [-0.2, 0) is 0 Å². The van der Waals surface area contributed by atoms with Gasteiger partial charge in [-0.2, -0.15) is 0 Å². The van der Waals surface area contributed by atoms with Gasteiger partial charge in [0.1, 0.15) is 5.58 Å². The van der Waals surface area contributed by atoms with Gasteiger partial charge in [-0.3, -0.25) is 4.79 Å². The van der Waals surface area contributed by atoms with Crippen LogP contribution in [0.1, 0.15) is 27.7 Å². The summed E-state index contributed by atoms with van der Waals surface area (Å²) in [7, 11) is 0. The zero-order chi connectivity index (χ0) is 15.9. The number of hydrogen-bond donors (Lipinski definition) is 0. The molecule has 22 heavy (non-hydrogen) atoms. The van der Waals surface area contributed by atoms with Crippen LogP contribution in [0.5, 0.6) is 0 Å². The van der Waals surface area contributed by atoms with Crippen LogP contribution in [0.25, 0.3) is 21.7 Å². The average molecular weight is 295 g/mol. The summed E-state index contributed by atoms with van der Waals surface area (Å²) in [5.74, 6) is 0.637. The molecule has 0 spiro atoms. The standard InChI is InChI=1S/C19H21NO2/c1-12(2)20(13(3)4)18-11-16(21)19-15-8-6-5-7-14(15)9-10-17(19)22-18/h5-13H,1-4H3. The van der Waals surface area contributed by atoms with Crippen molar-refractivity contribution in [2.24, 2.45) is 0 Å². The molecule has 0 N–H and O–H groups in total. The minimum absolute atomic E-state index is 0.0133. The summed E-state index contributed by atoms with van der Waals surface area (Å²) in [6.45, 7) is 8.41. The first-order valence-electron chi connectivity index (χ1n) is 7.73. The van der Waals surface area contributed by atoms with Gasteiger partial charge in [-0.05, 0) is 44.5 Å². The van der Waals surface area contributed by atoms with Crippen molar-refractivity contribution >= 4 is 27.6 Å². The van der Waals surface area contributed by atoms with E-state index in [4.69, 9.17) is 4.42 Å². The van der Waals surface area contributed by atoms with Crippen LogP contribution in [-0.4, -0.2) is 12.1 Å². The average Bonchev–Trinajstić information content (AvgIpc) is 2.45. The second-order valence-electron chi connectivity index (χ2n) is 6.20. The molecule has 0 unspecified atom stereocenters. The molecule has 3 rings (SSSR count). The molecule has 1 heterocycles. The number of nitrogens with zero attached hydrogens (tertiary/aromatic N) is 1. The van der Waals surface area contributed by atoms with Crippen LogP contribution in [0, 0.1) is 0 Å². The second-order valence-corrected chi connectivity index (χ2v) is 6.20. The van der Waals surface area contributed by atoms with E-state index < -0.39 is 0 Å². The monoisotopic (exact) mass is 295 g/mol. The summed E-state index contributed by atoms with van der Waals surface area (Å²) >= 11 is 0. The number of hydrogen-bond acceptors (Lipinski definition) is 3. The lowest BCUT2D eigenvalue weighted by molar-refractivity contribution is 0.510. The van der Waals surface area contributed by atoms with Crippen molar-refractivity contribution in [2.75, 3.05) is 4.90 Å². The summed E-state index contributed by atoms with van der Waals surface area (Å²) in [4.78, 5) is 14.8. The Kier molecular flexibility index (Phi) is 3.65. The van der Waals surface area contributed by atoms with Crippen molar-refractivity contribution < 1.29 is 4.42 Å². The Morgan fingerprint density at radius 3 is 2.32 bits per heavy atom. The Bertz CT molecular complexity index is 869. The quantitative estimate of drug-likeness (QED) is 0.664. The van der Waals surface area contributed by atoms with E-state index in [1.54, 1.807) is 6.07 Å². The van der Waals surface area contributed by atoms with Gasteiger partial charge in [0.05, 0.1) is 5.39 Å². The summed E-state index contributed by atoms with van der Waals surface area (Å²) in [5, 5.41) is 2.66. The fourth-order valence-corrected chi connectivity index (χ4v) is 3.15. The van der Waals surface area contributed by atoms with Gasteiger partial charge in [0.2, 0.25) is 0 Å². The number of anilines is 1. The number of benzene rings is 2. The molecule has 0 aliphatic rings. The summed E-state index contributed by atoms with van der Waals surface area (Å²) < 4.78 is 6.06. The fourth-order valence-electron chi connectivity index (χ4n) is 3.15. The van der Waals surface area contributed by atoms with Crippen LogP contribution in [0.15, 0.2) is 51.7 Å². The van der Waals surface area contributed by atoms with E-state index in [2.05, 4.69) is 32.6 Å². The molecule has 0 aliphatic carbocycles.